The van der Waals surface area contributed by atoms with Gasteiger partial charge in [0.2, 0.25) is 5.91 Å². The Morgan fingerprint density at radius 2 is 1.35 bits per heavy atom. The lowest BCUT2D eigenvalue weighted by atomic mass is 10.0. The van der Waals surface area contributed by atoms with Crippen molar-refractivity contribution in [3.63, 3.8) is 0 Å². The molecule has 4 aromatic carbocycles. The Labute approximate surface area is 403 Å². The van der Waals surface area contributed by atoms with Crippen molar-refractivity contribution in [1.29, 1.82) is 0 Å². The van der Waals surface area contributed by atoms with Crippen molar-refractivity contribution in [2.24, 2.45) is 5.73 Å². The van der Waals surface area contributed by atoms with Crippen molar-refractivity contribution in [3.8, 4) is 23.0 Å². The van der Waals surface area contributed by atoms with E-state index in [0.29, 0.717) is 111 Å². The monoisotopic (exact) mass is 942 g/mol. The molecular weight excluding hydrogens is 881 g/mol. The summed E-state index contributed by atoms with van der Waals surface area (Å²) in [4.78, 5) is 46.2. The Bertz CT molecular complexity index is 2620. The van der Waals surface area contributed by atoms with E-state index in [1.807, 2.05) is 46.2 Å². The van der Waals surface area contributed by atoms with Crippen LogP contribution in [0.2, 0.25) is 0 Å². The third kappa shape index (κ3) is 10.5. The first kappa shape index (κ1) is 47.3. The average Bonchev–Trinajstić information content (AvgIpc) is 3.85. The van der Waals surface area contributed by atoms with Crippen molar-refractivity contribution in [2.45, 2.75) is 63.8 Å². The highest BCUT2D eigenvalue weighted by Gasteiger charge is 2.40. The SMILES string of the molecule is COCCOCCOCCN(CCCC(N)=O)c1cc(COc2cc3c(cc2OC)C(=O)N2C4=C(CCC=C4)C[C@H]2CN3)cc(COc2cc3c(cc2OC)C(=O)N2c4ccccc4C[C@H]2CN3)c1. The summed E-state index contributed by atoms with van der Waals surface area (Å²) >= 11 is 0. The number of primary amides is 1. The molecule has 4 heterocycles. The van der Waals surface area contributed by atoms with Crippen LogP contribution in [0, 0.1) is 0 Å². The second kappa shape index (κ2) is 21.7. The Kier molecular flexibility index (Phi) is 14.9. The lowest BCUT2D eigenvalue weighted by Gasteiger charge is -2.26. The lowest BCUT2D eigenvalue weighted by Crippen LogP contribution is -2.39. The number of allylic oxidation sites excluding steroid dienone is 2. The average molecular weight is 943 g/mol. The van der Waals surface area contributed by atoms with Crippen LogP contribution in [0.5, 0.6) is 23.0 Å². The Balaban J connectivity index is 0.978. The van der Waals surface area contributed by atoms with Gasteiger partial charge < -0.3 is 64.2 Å². The number of hydrogen-bond acceptors (Lipinski definition) is 13. The number of carbonyl (C=O) groups is 3. The fourth-order valence-electron chi connectivity index (χ4n) is 9.96. The quantitative estimate of drug-likeness (QED) is 0.0699. The molecule has 0 aromatic heterocycles. The maximum absolute atomic E-state index is 14.2. The van der Waals surface area contributed by atoms with Crippen LogP contribution < -0.4 is 45.1 Å². The van der Waals surface area contributed by atoms with Gasteiger partial charge in [-0.1, -0.05) is 24.3 Å². The van der Waals surface area contributed by atoms with E-state index in [1.165, 1.54) is 5.57 Å². The summed E-state index contributed by atoms with van der Waals surface area (Å²) in [5, 5.41) is 7.06. The number of fused-ring (bicyclic) bond motifs is 7. The summed E-state index contributed by atoms with van der Waals surface area (Å²) < 4.78 is 41.5. The molecule has 0 bridgehead atoms. The van der Waals surface area contributed by atoms with Gasteiger partial charge in [0.1, 0.15) is 13.2 Å². The minimum absolute atomic E-state index is 0.0193. The number of nitrogens with two attached hydrogens (primary N) is 1. The molecule has 1 aliphatic carbocycles. The zero-order chi connectivity index (χ0) is 47.9. The maximum Gasteiger partial charge on any atom is 0.260 e. The van der Waals surface area contributed by atoms with E-state index in [-0.39, 0.29) is 49.4 Å². The molecule has 0 radical (unpaired) electrons. The summed E-state index contributed by atoms with van der Waals surface area (Å²) in [5.41, 5.74) is 15.0. The van der Waals surface area contributed by atoms with E-state index < -0.39 is 0 Å². The Hall–Kier alpha value is -6.75. The van der Waals surface area contributed by atoms with Gasteiger partial charge in [0.15, 0.2) is 23.0 Å². The normalized spacial score (nSPS) is 17.6. The number of nitrogens with zero attached hydrogens (tertiary/aromatic N) is 3. The molecular formula is C53H62N6O10. The van der Waals surface area contributed by atoms with Crippen molar-refractivity contribution < 1.29 is 47.5 Å². The smallest absolute Gasteiger partial charge is 0.260 e. The van der Waals surface area contributed by atoms with Crippen LogP contribution in [0.25, 0.3) is 0 Å². The molecule has 0 saturated carbocycles. The van der Waals surface area contributed by atoms with Gasteiger partial charge in [-0.3, -0.25) is 14.4 Å². The summed E-state index contributed by atoms with van der Waals surface area (Å²) in [7, 11) is 4.78. The minimum Gasteiger partial charge on any atom is -0.493 e. The van der Waals surface area contributed by atoms with Crippen LogP contribution in [-0.4, -0.2) is 115 Å². The van der Waals surface area contributed by atoms with Gasteiger partial charge in [0, 0.05) is 68.9 Å². The maximum atomic E-state index is 14.2. The van der Waals surface area contributed by atoms with E-state index in [1.54, 1.807) is 33.5 Å². The van der Waals surface area contributed by atoms with Crippen LogP contribution in [0.15, 0.2) is 90.2 Å². The number of ether oxygens (including phenoxy) is 7. The first-order chi connectivity index (χ1) is 33.7. The van der Waals surface area contributed by atoms with Crippen LogP contribution in [0.3, 0.4) is 0 Å². The summed E-state index contributed by atoms with van der Waals surface area (Å²) in [6, 6.07) is 21.4. The lowest BCUT2D eigenvalue weighted by molar-refractivity contribution is -0.118. The molecule has 5 aliphatic rings. The predicted molar refractivity (Wildman–Crippen MR) is 263 cm³/mol. The summed E-state index contributed by atoms with van der Waals surface area (Å²) in [6.07, 6.45) is 8.59. The number of benzene rings is 4. The highest BCUT2D eigenvalue weighted by atomic mass is 16.5. The zero-order valence-corrected chi connectivity index (χ0v) is 39.7. The van der Waals surface area contributed by atoms with Gasteiger partial charge in [0.05, 0.1) is 81.8 Å². The molecule has 9 rings (SSSR count). The van der Waals surface area contributed by atoms with Gasteiger partial charge in [-0.15, -0.1) is 0 Å². The van der Waals surface area contributed by atoms with Crippen molar-refractivity contribution in [1.82, 2.24) is 4.90 Å². The number of hydrogen-bond donors (Lipinski definition) is 3. The van der Waals surface area contributed by atoms with Crippen molar-refractivity contribution >= 4 is 40.5 Å². The first-order valence-corrected chi connectivity index (χ1v) is 23.8. The molecule has 16 heteroatoms. The number of carbonyl (C=O) groups excluding carboxylic acids is 3. The number of methoxy groups -OCH3 is 3. The third-order valence-corrected chi connectivity index (χ3v) is 13.3. The molecule has 69 heavy (non-hydrogen) atoms. The second-order valence-corrected chi connectivity index (χ2v) is 17.8. The van der Waals surface area contributed by atoms with Crippen molar-refractivity contribution in [3.05, 3.63) is 118 Å². The highest BCUT2D eigenvalue weighted by Crippen LogP contribution is 2.43. The number of amides is 3. The van der Waals surface area contributed by atoms with Crippen LogP contribution in [0.4, 0.5) is 22.7 Å². The van der Waals surface area contributed by atoms with E-state index in [4.69, 9.17) is 38.9 Å². The molecule has 4 aliphatic heterocycles. The molecule has 4 aromatic rings. The third-order valence-electron chi connectivity index (χ3n) is 13.3. The molecule has 0 unspecified atom stereocenters. The van der Waals surface area contributed by atoms with Crippen LogP contribution in [-0.2, 0) is 38.6 Å². The van der Waals surface area contributed by atoms with Crippen LogP contribution >= 0.6 is 0 Å². The molecule has 0 spiro atoms. The minimum atomic E-state index is -0.370. The summed E-state index contributed by atoms with van der Waals surface area (Å²) in [5.74, 6) is 1.32. The highest BCUT2D eigenvalue weighted by molar-refractivity contribution is 6.12. The fraction of sp³-hybridized carbons (Fsp3) is 0.415. The molecule has 3 amide bonds. The van der Waals surface area contributed by atoms with Gasteiger partial charge in [-0.25, -0.2) is 0 Å². The standard InChI is InChI=1S/C53H62N6O10/c1-63-17-18-67-20-19-66-16-15-57(14-8-13-51(54)60)38-22-34(32-68-49-28-43-41(26-47(49)64-2)52(61)58-39(30-55-43)24-36-9-4-6-11-45(36)58)21-35(23-38)33-69-50-29-44-42(27-48(50)65-3)53(62)59-40(31-56-44)25-37-10-5-7-12-46(37)59/h4,6-7,9,11-12,21-23,26-29,39-40,55-56H,5,8,10,13-20,24-25,30-33H2,1-3H3,(H2,54,60)/t39-,40-/m0/s1. The van der Waals surface area contributed by atoms with E-state index >= 15 is 0 Å². The predicted octanol–water partition coefficient (Wildman–Crippen LogP) is 6.85. The second-order valence-electron chi connectivity index (χ2n) is 17.8. The number of anilines is 4. The molecule has 16 nitrogen and oxygen atoms in total. The fourth-order valence-corrected chi connectivity index (χ4v) is 9.96. The topological polar surface area (TPSA) is 176 Å². The Morgan fingerprint density at radius 1 is 0.725 bits per heavy atom. The number of para-hydroxylation sites is 1. The largest absolute Gasteiger partial charge is 0.493 e. The van der Waals surface area contributed by atoms with E-state index in [2.05, 4.69) is 45.9 Å². The van der Waals surface area contributed by atoms with Crippen molar-refractivity contribution in [2.75, 3.05) is 101 Å². The number of rotatable bonds is 22. The van der Waals surface area contributed by atoms with Crippen LogP contribution in [0.1, 0.15) is 69.5 Å². The summed E-state index contributed by atoms with van der Waals surface area (Å²) in [6.45, 7) is 4.81. The molecule has 2 atom stereocenters. The van der Waals surface area contributed by atoms with E-state index in [0.717, 1.165) is 59.4 Å². The molecule has 4 N–H and O–H groups in total. The van der Waals surface area contributed by atoms with Gasteiger partial charge in [0.25, 0.3) is 11.8 Å². The molecule has 364 valence electrons. The zero-order valence-electron chi connectivity index (χ0n) is 39.7. The van der Waals surface area contributed by atoms with E-state index in [9.17, 15) is 14.4 Å². The van der Waals surface area contributed by atoms with Gasteiger partial charge >= 0.3 is 0 Å². The first-order valence-electron chi connectivity index (χ1n) is 23.8. The molecule has 0 saturated heterocycles. The Morgan fingerprint density at radius 3 is 2.00 bits per heavy atom. The van der Waals surface area contributed by atoms with Gasteiger partial charge in [-0.2, -0.15) is 0 Å². The molecule has 0 fully saturated rings. The van der Waals surface area contributed by atoms with Gasteiger partial charge in [-0.05, 0) is 96.8 Å². The number of nitrogens with one attached hydrogen (secondary N) is 2.